The molecule has 0 saturated heterocycles. The van der Waals surface area contributed by atoms with Crippen LogP contribution in [0.25, 0.3) is 10.8 Å². The maximum atomic E-state index is 6.46. The van der Waals surface area contributed by atoms with Crippen LogP contribution in [0.2, 0.25) is 5.02 Å². The normalized spacial score (nSPS) is 23.5. The average Bonchev–Trinajstić information content (AvgIpc) is 2.45. The lowest BCUT2D eigenvalue weighted by molar-refractivity contribution is 0.136. The Kier molecular flexibility index (Phi) is 3.65. The van der Waals surface area contributed by atoms with Crippen molar-refractivity contribution in [2.45, 2.75) is 38.7 Å². The monoisotopic (exact) mass is 274 g/mol. The molecule has 0 amide bonds. The lowest BCUT2D eigenvalue weighted by Gasteiger charge is -2.27. The van der Waals surface area contributed by atoms with Crippen molar-refractivity contribution >= 4 is 22.4 Å². The largest absolute Gasteiger partial charge is 0.489 e. The van der Waals surface area contributed by atoms with Gasteiger partial charge in [-0.15, -0.1) is 0 Å². The molecule has 0 heterocycles. The van der Waals surface area contributed by atoms with Crippen LogP contribution < -0.4 is 4.74 Å². The fourth-order valence-electron chi connectivity index (χ4n) is 2.83. The van der Waals surface area contributed by atoms with Crippen LogP contribution in [0, 0.1) is 5.92 Å². The van der Waals surface area contributed by atoms with Crippen LogP contribution in [0.3, 0.4) is 0 Å². The number of ether oxygens (including phenoxy) is 1. The van der Waals surface area contributed by atoms with Crippen LogP contribution in [0.1, 0.15) is 32.6 Å². The second-order valence-corrected chi connectivity index (χ2v) is 5.98. The van der Waals surface area contributed by atoms with Crippen LogP contribution >= 0.6 is 11.6 Å². The molecule has 2 heteroatoms. The second-order valence-electron chi connectivity index (χ2n) is 5.60. The van der Waals surface area contributed by atoms with Gasteiger partial charge >= 0.3 is 0 Å². The third-order valence-corrected chi connectivity index (χ3v) is 4.47. The molecule has 1 nitrogen and oxygen atoms in total. The third-order valence-electron chi connectivity index (χ3n) is 4.08. The molecule has 0 aliphatic heterocycles. The molecule has 0 N–H and O–H groups in total. The summed E-state index contributed by atoms with van der Waals surface area (Å²) in [5.41, 5.74) is 0. The van der Waals surface area contributed by atoms with Gasteiger partial charge in [-0.2, -0.15) is 0 Å². The van der Waals surface area contributed by atoms with Crippen molar-refractivity contribution in [1.29, 1.82) is 0 Å². The Bertz CT molecular complexity index is 570. The summed E-state index contributed by atoms with van der Waals surface area (Å²) in [5.74, 6) is 1.67. The molecule has 1 aliphatic rings. The van der Waals surface area contributed by atoms with Crippen molar-refractivity contribution in [3.05, 3.63) is 41.4 Å². The molecular formula is C17H19ClO. The number of rotatable bonds is 2. The maximum Gasteiger partial charge on any atom is 0.138 e. The highest BCUT2D eigenvalue weighted by Crippen LogP contribution is 2.35. The van der Waals surface area contributed by atoms with Gasteiger partial charge < -0.3 is 4.74 Å². The molecule has 2 aromatic carbocycles. The van der Waals surface area contributed by atoms with Gasteiger partial charge in [-0.05, 0) is 43.1 Å². The Hall–Kier alpha value is -1.21. The van der Waals surface area contributed by atoms with Gasteiger partial charge in [-0.25, -0.2) is 0 Å². The van der Waals surface area contributed by atoms with Crippen molar-refractivity contribution in [2.75, 3.05) is 0 Å². The van der Waals surface area contributed by atoms with E-state index in [1.54, 1.807) is 0 Å². The molecule has 0 radical (unpaired) electrons. The molecule has 0 spiro atoms. The van der Waals surface area contributed by atoms with Crippen LogP contribution in [0.5, 0.6) is 5.75 Å². The lowest BCUT2D eigenvalue weighted by atomic mass is 9.89. The van der Waals surface area contributed by atoms with Gasteiger partial charge in [0.05, 0.1) is 11.1 Å². The van der Waals surface area contributed by atoms with E-state index in [0.29, 0.717) is 6.10 Å². The third kappa shape index (κ3) is 2.71. The molecule has 19 heavy (non-hydrogen) atoms. The maximum absolute atomic E-state index is 6.46. The second kappa shape index (κ2) is 5.42. The Balaban J connectivity index is 1.83. The summed E-state index contributed by atoms with van der Waals surface area (Å²) in [7, 11) is 0. The summed E-state index contributed by atoms with van der Waals surface area (Å²) >= 11 is 6.46. The van der Waals surface area contributed by atoms with Gasteiger partial charge in [0.1, 0.15) is 5.75 Å². The zero-order valence-electron chi connectivity index (χ0n) is 11.2. The number of halogens is 1. The van der Waals surface area contributed by atoms with Crippen molar-refractivity contribution in [2.24, 2.45) is 5.92 Å². The van der Waals surface area contributed by atoms with E-state index in [0.717, 1.165) is 40.3 Å². The zero-order valence-corrected chi connectivity index (χ0v) is 12.0. The fourth-order valence-corrected chi connectivity index (χ4v) is 3.11. The zero-order chi connectivity index (χ0) is 13.2. The SMILES string of the molecule is CC1CCC(Oc2ccc3ccccc3c2Cl)CC1. The Morgan fingerprint density at radius 2 is 1.74 bits per heavy atom. The minimum atomic E-state index is 0.329. The first-order valence-electron chi connectivity index (χ1n) is 7.08. The highest BCUT2D eigenvalue weighted by molar-refractivity contribution is 6.37. The highest BCUT2D eigenvalue weighted by Gasteiger charge is 2.20. The van der Waals surface area contributed by atoms with Crippen molar-refractivity contribution in [3.63, 3.8) is 0 Å². The number of hydrogen-bond donors (Lipinski definition) is 0. The van der Waals surface area contributed by atoms with Gasteiger partial charge in [0.15, 0.2) is 0 Å². The first-order valence-corrected chi connectivity index (χ1v) is 7.46. The molecule has 100 valence electrons. The molecular weight excluding hydrogens is 256 g/mol. The van der Waals surface area contributed by atoms with Gasteiger partial charge in [0.2, 0.25) is 0 Å². The quantitative estimate of drug-likeness (QED) is 0.707. The highest BCUT2D eigenvalue weighted by atomic mass is 35.5. The summed E-state index contributed by atoms with van der Waals surface area (Å²) in [5, 5.41) is 2.99. The molecule has 0 aromatic heterocycles. The first kappa shape index (κ1) is 12.8. The van der Waals surface area contributed by atoms with Gasteiger partial charge in [-0.3, -0.25) is 0 Å². The van der Waals surface area contributed by atoms with E-state index in [9.17, 15) is 0 Å². The van der Waals surface area contributed by atoms with E-state index < -0.39 is 0 Å². The predicted molar refractivity (Wildman–Crippen MR) is 81.0 cm³/mol. The lowest BCUT2D eigenvalue weighted by Crippen LogP contribution is -2.23. The molecule has 0 bridgehead atoms. The van der Waals surface area contributed by atoms with E-state index in [1.807, 2.05) is 24.3 Å². The van der Waals surface area contributed by atoms with Crippen LogP contribution in [0.15, 0.2) is 36.4 Å². The minimum absolute atomic E-state index is 0.329. The van der Waals surface area contributed by atoms with Crippen LogP contribution in [0.4, 0.5) is 0 Å². The van der Waals surface area contributed by atoms with E-state index in [1.165, 1.54) is 12.8 Å². The Morgan fingerprint density at radius 1 is 1.00 bits per heavy atom. The molecule has 1 fully saturated rings. The standard InChI is InChI=1S/C17H19ClO/c1-12-6-9-14(10-7-12)19-16-11-8-13-4-2-3-5-15(13)17(16)18/h2-5,8,11-12,14H,6-7,9-10H2,1H3. The molecule has 3 rings (SSSR count). The van der Waals surface area contributed by atoms with Crippen molar-refractivity contribution in [1.82, 2.24) is 0 Å². The number of hydrogen-bond acceptors (Lipinski definition) is 1. The predicted octanol–water partition coefficient (Wildman–Crippen LogP) is 5.45. The van der Waals surface area contributed by atoms with Gasteiger partial charge in [0, 0.05) is 5.39 Å². The minimum Gasteiger partial charge on any atom is -0.489 e. The van der Waals surface area contributed by atoms with Crippen LogP contribution in [-0.2, 0) is 0 Å². The Labute approximate surface area is 119 Å². The molecule has 2 aromatic rings. The smallest absolute Gasteiger partial charge is 0.138 e. The summed E-state index contributed by atoms with van der Waals surface area (Å²) < 4.78 is 6.11. The van der Waals surface area contributed by atoms with E-state index in [4.69, 9.17) is 16.3 Å². The molecule has 0 unspecified atom stereocenters. The summed E-state index contributed by atoms with van der Waals surface area (Å²) in [4.78, 5) is 0. The molecule has 0 atom stereocenters. The number of fused-ring (bicyclic) bond motifs is 1. The molecule has 1 saturated carbocycles. The van der Waals surface area contributed by atoms with Crippen molar-refractivity contribution in [3.8, 4) is 5.75 Å². The van der Waals surface area contributed by atoms with Crippen molar-refractivity contribution < 1.29 is 4.74 Å². The van der Waals surface area contributed by atoms with E-state index in [-0.39, 0.29) is 0 Å². The first-order chi connectivity index (χ1) is 9.24. The average molecular weight is 275 g/mol. The summed E-state index contributed by atoms with van der Waals surface area (Å²) in [6.07, 6.45) is 5.13. The van der Waals surface area contributed by atoms with Gasteiger partial charge in [-0.1, -0.05) is 48.9 Å². The van der Waals surface area contributed by atoms with E-state index in [2.05, 4.69) is 19.1 Å². The Morgan fingerprint density at radius 3 is 2.53 bits per heavy atom. The van der Waals surface area contributed by atoms with Crippen LogP contribution in [-0.4, -0.2) is 6.10 Å². The fraction of sp³-hybridized carbons (Fsp3) is 0.412. The molecule has 1 aliphatic carbocycles. The topological polar surface area (TPSA) is 9.23 Å². The summed E-state index contributed by atoms with van der Waals surface area (Å²) in [6, 6.07) is 12.3. The van der Waals surface area contributed by atoms with E-state index >= 15 is 0 Å². The van der Waals surface area contributed by atoms with Gasteiger partial charge in [0.25, 0.3) is 0 Å². The number of benzene rings is 2. The summed E-state index contributed by atoms with van der Waals surface area (Å²) in [6.45, 7) is 2.32.